The molecule has 0 saturated carbocycles. The highest BCUT2D eigenvalue weighted by molar-refractivity contribution is 5.91. The Morgan fingerprint density at radius 1 is 1.00 bits per heavy atom. The minimum atomic E-state index is -0.201. The third-order valence-electron chi connectivity index (χ3n) is 5.49. The normalized spacial score (nSPS) is 11.1. The van der Waals surface area contributed by atoms with Crippen LogP contribution in [0, 0.1) is 13.8 Å². The van der Waals surface area contributed by atoms with Gasteiger partial charge in [0.1, 0.15) is 0 Å². The molecular weight excluding hydrogens is 402 g/mol. The third kappa shape index (κ3) is 4.46. The number of hydrogen-bond acceptors (Lipinski definition) is 4. The van der Waals surface area contributed by atoms with Crippen LogP contribution in [-0.2, 0) is 17.8 Å². The SMILES string of the molecule is CCCC(=O)N(Cc1ccc(C)cc1)c1nc2nc(C)c(Cc3ccccc3)c(=O)n2[nH]1. The molecule has 7 heteroatoms. The lowest BCUT2D eigenvalue weighted by atomic mass is 10.1. The van der Waals surface area contributed by atoms with E-state index >= 15 is 0 Å². The number of H-pyrrole nitrogens is 1. The third-order valence-corrected chi connectivity index (χ3v) is 5.49. The van der Waals surface area contributed by atoms with E-state index in [1.807, 2.05) is 75.4 Å². The molecule has 4 rings (SSSR count). The van der Waals surface area contributed by atoms with Gasteiger partial charge in [-0.1, -0.05) is 67.1 Å². The van der Waals surface area contributed by atoms with E-state index in [4.69, 9.17) is 0 Å². The molecule has 2 heterocycles. The van der Waals surface area contributed by atoms with Crippen LogP contribution < -0.4 is 10.5 Å². The lowest BCUT2D eigenvalue weighted by Gasteiger charge is -2.19. The van der Waals surface area contributed by atoms with Crippen LogP contribution in [0.15, 0.2) is 59.4 Å². The zero-order chi connectivity index (χ0) is 22.7. The van der Waals surface area contributed by atoms with Gasteiger partial charge >= 0.3 is 0 Å². The topological polar surface area (TPSA) is 83.4 Å². The summed E-state index contributed by atoms with van der Waals surface area (Å²) in [6.07, 6.45) is 1.60. The Hall–Kier alpha value is -3.74. The molecule has 0 radical (unpaired) electrons. The van der Waals surface area contributed by atoms with Gasteiger partial charge in [-0.25, -0.2) is 4.98 Å². The Morgan fingerprint density at radius 3 is 2.41 bits per heavy atom. The second kappa shape index (κ2) is 9.18. The minimum Gasteiger partial charge on any atom is -0.277 e. The Labute approximate surface area is 186 Å². The van der Waals surface area contributed by atoms with E-state index < -0.39 is 0 Å². The molecule has 0 unspecified atom stereocenters. The van der Waals surface area contributed by atoms with Crippen LogP contribution in [-0.4, -0.2) is 25.5 Å². The second-order valence-electron chi connectivity index (χ2n) is 8.04. The second-order valence-corrected chi connectivity index (χ2v) is 8.04. The summed E-state index contributed by atoms with van der Waals surface area (Å²) >= 11 is 0. The van der Waals surface area contributed by atoms with E-state index in [1.54, 1.807) is 4.90 Å². The molecule has 0 saturated heterocycles. The number of nitrogens with zero attached hydrogens (tertiary/aromatic N) is 4. The van der Waals surface area contributed by atoms with Gasteiger partial charge in [0.05, 0.1) is 12.2 Å². The maximum absolute atomic E-state index is 13.2. The lowest BCUT2D eigenvalue weighted by molar-refractivity contribution is -0.118. The number of fused-ring (bicyclic) bond motifs is 1. The summed E-state index contributed by atoms with van der Waals surface area (Å²) in [6, 6.07) is 17.8. The van der Waals surface area contributed by atoms with Crippen LogP contribution in [0.2, 0.25) is 0 Å². The molecule has 7 nitrogen and oxygen atoms in total. The van der Waals surface area contributed by atoms with Crippen LogP contribution >= 0.6 is 0 Å². The number of anilines is 1. The van der Waals surface area contributed by atoms with Crippen molar-refractivity contribution in [1.29, 1.82) is 0 Å². The van der Waals surface area contributed by atoms with E-state index in [1.165, 1.54) is 4.52 Å². The number of rotatable bonds is 7. The standard InChI is InChI=1S/C25H27N5O2/c1-4-8-22(31)29(16-20-13-11-17(2)12-14-20)25-27-24-26-18(3)21(23(32)30(24)28-25)15-19-9-6-5-7-10-19/h5-7,9-14H,4,8,15-16H2,1-3H3,(H,26,27,28). The van der Waals surface area contributed by atoms with Gasteiger partial charge in [-0.2, -0.15) is 9.50 Å². The number of aromatic amines is 1. The highest BCUT2D eigenvalue weighted by Crippen LogP contribution is 2.17. The zero-order valence-electron chi connectivity index (χ0n) is 18.6. The van der Waals surface area contributed by atoms with Gasteiger partial charge in [0.15, 0.2) is 0 Å². The highest BCUT2D eigenvalue weighted by atomic mass is 16.2. The molecule has 1 N–H and O–H groups in total. The largest absolute Gasteiger partial charge is 0.277 e. The number of carbonyl (C=O) groups is 1. The quantitative estimate of drug-likeness (QED) is 0.482. The Bertz CT molecular complexity index is 1290. The monoisotopic (exact) mass is 429 g/mol. The Kier molecular flexibility index (Phi) is 6.16. The zero-order valence-corrected chi connectivity index (χ0v) is 18.6. The summed E-state index contributed by atoms with van der Waals surface area (Å²) in [7, 11) is 0. The molecule has 4 aromatic rings. The Balaban J connectivity index is 1.73. The van der Waals surface area contributed by atoms with Gasteiger partial charge < -0.3 is 0 Å². The van der Waals surface area contributed by atoms with Crippen molar-refractivity contribution in [3.8, 4) is 0 Å². The van der Waals surface area contributed by atoms with Gasteiger partial charge in [-0.05, 0) is 31.4 Å². The minimum absolute atomic E-state index is 0.0542. The molecule has 0 fully saturated rings. The van der Waals surface area contributed by atoms with Crippen molar-refractivity contribution >= 4 is 17.6 Å². The first kappa shape index (κ1) is 21.5. The summed E-state index contributed by atoms with van der Waals surface area (Å²) in [4.78, 5) is 36.8. The molecule has 1 amide bonds. The van der Waals surface area contributed by atoms with Crippen LogP contribution in [0.1, 0.15) is 47.7 Å². The van der Waals surface area contributed by atoms with E-state index in [0.717, 1.165) is 23.1 Å². The molecule has 0 aliphatic carbocycles. The number of aromatic nitrogens is 4. The summed E-state index contributed by atoms with van der Waals surface area (Å²) in [6.45, 7) is 6.17. The molecule has 0 aliphatic heterocycles. The summed E-state index contributed by atoms with van der Waals surface area (Å²) in [5, 5.41) is 3.02. The molecule has 32 heavy (non-hydrogen) atoms. The number of hydrogen-bond donors (Lipinski definition) is 1. The number of nitrogens with one attached hydrogen (secondary N) is 1. The average Bonchev–Trinajstić information content (AvgIpc) is 3.21. The van der Waals surface area contributed by atoms with Crippen molar-refractivity contribution in [3.63, 3.8) is 0 Å². The van der Waals surface area contributed by atoms with E-state index in [0.29, 0.717) is 36.6 Å². The first-order valence-corrected chi connectivity index (χ1v) is 10.8. The summed E-state index contributed by atoms with van der Waals surface area (Å²) in [5.41, 5.74) is 4.22. The first-order valence-electron chi connectivity index (χ1n) is 10.8. The van der Waals surface area contributed by atoms with Crippen molar-refractivity contribution < 1.29 is 4.79 Å². The fourth-order valence-corrected chi connectivity index (χ4v) is 3.67. The van der Waals surface area contributed by atoms with Crippen LogP contribution in [0.4, 0.5) is 5.95 Å². The van der Waals surface area contributed by atoms with Crippen molar-refractivity contribution in [2.24, 2.45) is 0 Å². The molecule has 0 bridgehead atoms. The van der Waals surface area contributed by atoms with Gasteiger partial charge in [0, 0.05) is 18.4 Å². The van der Waals surface area contributed by atoms with E-state index in [2.05, 4.69) is 15.1 Å². The molecule has 0 aliphatic rings. The molecular formula is C25H27N5O2. The summed E-state index contributed by atoms with van der Waals surface area (Å²) in [5.74, 6) is 0.531. The maximum atomic E-state index is 13.2. The van der Waals surface area contributed by atoms with Crippen LogP contribution in [0.25, 0.3) is 5.78 Å². The molecule has 164 valence electrons. The van der Waals surface area contributed by atoms with Crippen LogP contribution in [0.5, 0.6) is 0 Å². The molecule has 0 atom stereocenters. The van der Waals surface area contributed by atoms with Gasteiger partial charge in [-0.15, -0.1) is 0 Å². The molecule has 2 aromatic carbocycles. The number of amides is 1. The maximum Gasteiger partial charge on any atom is 0.277 e. The fraction of sp³-hybridized carbons (Fsp3) is 0.280. The van der Waals surface area contributed by atoms with Gasteiger partial charge in [-0.3, -0.25) is 19.6 Å². The number of aryl methyl sites for hydroxylation is 2. The molecule has 0 spiro atoms. The smallest absolute Gasteiger partial charge is 0.277 e. The predicted molar refractivity (Wildman–Crippen MR) is 125 cm³/mol. The Morgan fingerprint density at radius 2 is 1.72 bits per heavy atom. The van der Waals surface area contributed by atoms with Crippen molar-refractivity contribution in [2.45, 2.75) is 46.6 Å². The highest BCUT2D eigenvalue weighted by Gasteiger charge is 2.21. The van der Waals surface area contributed by atoms with E-state index in [-0.39, 0.29) is 17.2 Å². The number of benzene rings is 2. The van der Waals surface area contributed by atoms with Gasteiger partial charge in [0.2, 0.25) is 11.9 Å². The van der Waals surface area contributed by atoms with Crippen molar-refractivity contribution in [1.82, 2.24) is 19.6 Å². The van der Waals surface area contributed by atoms with E-state index in [9.17, 15) is 9.59 Å². The average molecular weight is 430 g/mol. The van der Waals surface area contributed by atoms with Crippen molar-refractivity contribution in [2.75, 3.05) is 4.90 Å². The summed E-state index contributed by atoms with van der Waals surface area (Å²) < 4.78 is 1.34. The number of carbonyl (C=O) groups excluding carboxylic acids is 1. The first-order chi connectivity index (χ1) is 15.5. The molecule has 2 aromatic heterocycles. The van der Waals surface area contributed by atoms with Crippen molar-refractivity contribution in [3.05, 3.63) is 92.9 Å². The lowest BCUT2D eigenvalue weighted by Crippen LogP contribution is -2.31. The fourth-order valence-electron chi connectivity index (χ4n) is 3.67. The predicted octanol–water partition coefficient (Wildman–Crippen LogP) is 3.96. The van der Waals surface area contributed by atoms with Crippen LogP contribution in [0.3, 0.4) is 0 Å². The van der Waals surface area contributed by atoms with Gasteiger partial charge in [0.25, 0.3) is 11.3 Å².